The van der Waals surface area contributed by atoms with E-state index in [9.17, 15) is 10.2 Å². The molecule has 2 nitrogen and oxygen atoms in total. The van der Waals surface area contributed by atoms with Crippen molar-refractivity contribution in [3.05, 3.63) is 12.2 Å². The minimum absolute atomic E-state index is 0.0477. The van der Waals surface area contributed by atoms with Crippen molar-refractivity contribution in [2.75, 3.05) is 6.61 Å². The summed E-state index contributed by atoms with van der Waals surface area (Å²) in [5.74, 6) is 0.432. The number of allylic oxidation sites excluding steroid dienone is 2. The molecule has 0 heterocycles. The molecule has 0 aromatic rings. The Kier molecular flexibility index (Phi) is 5.20. The van der Waals surface area contributed by atoms with Crippen LogP contribution in [-0.4, -0.2) is 22.9 Å². The van der Waals surface area contributed by atoms with Crippen LogP contribution in [-0.2, 0) is 0 Å². The summed E-state index contributed by atoms with van der Waals surface area (Å²) in [5.41, 5.74) is 0. The molecule has 1 rings (SSSR count). The lowest BCUT2D eigenvalue weighted by Gasteiger charge is -2.29. The lowest BCUT2D eigenvalue weighted by molar-refractivity contribution is 0.0348. The average Bonchev–Trinajstić information content (AvgIpc) is 2.21. The molecule has 0 spiro atoms. The lowest BCUT2D eigenvalue weighted by atomic mass is 9.80. The zero-order valence-corrected chi connectivity index (χ0v) is 9.02. The molecule has 0 aromatic carbocycles. The van der Waals surface area contributed by atoms with E-state index in [0.717, 1.165) is 25.7 Å². The van der Waals surface area contributed by atoms with Crippen molar-refractivity contribution in [3.8, 4) is 0 Å². The van der Waals surface area contributed by atoms with Crippen LogP contribution in [0.3, 0.4) is 0 Å². The summed E-state index contributed by atoms with van der Waals surface area (Å²) in [6.07, 6.45) is 9.25. The molecular formula is C12H22O2. The zero-order chi connectivity index (χ0) is 10.4. The van der Waals surface area contributed by atoms with Gasteiger partial charge in [0.25, 0.3) is 0 Å². The van der Waals surface area contributed by atoms with Gasteiger partial charge >= 0.3 is 0 Å². The standard InChI is InChI=1S/C12H22O2/c1-2-6-12(14)11(9-13)10-7-4-3-5-8-10/h4,7,10-14H,2-3,5-6,8-9H2,1H3. The first-order valence-electron chi connectivity index (χ1n) is 5.75. The lowest BCUT2D eigenvalue weighted by Crippen LogP contribution is -2.30. The van der Waals surface area contributed by atoms with E-state index in [1.807, 2.05) is 0 Å². The molecule has 0 saturated heterocycles. The van der Waals surface area contributed by atoms with Gasteiger partial charge in [0, 0.05) is 12.5 Å². The second kappa shape index (κ2) is 6.20. The van der Waals surface area contributed by atoms with Crippen molar-refractivity contribution in [2.24, 2.45) is 11.8 Å². The van der Waals surface area contributed by atoms with Crippen LogP contribution in [0.2, 0.25) is 0 Å². The molecule has 0 saturated carbocycles. The fourth-order valence-corrected chi connectivity index (χ4v) is 2.25. The van der Waals surface area contributed by atoms with Crippen LogP contribution in [0.4, 0.5) is 0 Å². The van der Waals surface area contributed by atoms with Crippen LogP contribution < -0.4 is 0 Å². The molecule has 0 bridgehead atoms. The molecule has 0 amide bonds. The third kappa shape index (κ3) is 3.10. The van der Waals surface area contributed by atoms with Crippen molar-refractivity contribution < 1.29 is 10.2 Å². The first kappa shape index (κ1) is 11.7. The summed E-state index contributed by atoms with van der Waals surface area (Å²) in [6.45, 7) is 2.17. The minimum Gasteiger partial charge on any atom is -0.396 e. The highest BCUT2D eigenvalue weighted by molar-refractivity contribution is 4.97. The average molecular weight is 198 g/mol. The number of aliphatic hydroxyl groups is 2. The van der Waals surface area contributed by atoms with E-state index in [0.29, 0.717) is 5.92 Å². The van der Waals surface area contributed by atoms with Gasteiger partial charge in [-0.3, -0.25) is 0 Å². The van der Waals surface area contributed by atoms with E-state index in [1.54, 1.807) is 0 Å². The molecule has 3 unspecified atom stereocenters. The third-order valence-electron chi connectivity index (χ3n) is 3.13. The van der Waals surface area contributed by atoms with Gasteiger partial charge in [-0.2, -0.15) is 0 Å². The topological polar surface area (TPSA) is 40.5 Å². The molecule has 2 N–H and O–H groups in total. The minimum atomic E-state index is -0.335. The maximum Gasteiger partial charge on any atom is 0.0595 e. The van der Waals surface area contributed by atoms with Gasteiger partial charge in [-0.25, -0.2) is 0 Å². The summed E-state index contributed by atoms with van der Waals surface area (Å²) >= 11 is 0. The molecule has 1 aliphatic carbocycles. The van der Waals surface area contributed by atoms with Gasteiger partial charge in [0.2, 0.25) is 0 Å². The van der Waals surface area contributed by atoms with Crippen LogP contribution >= 0.6 is 0 Å². The highest BCUT2D eigenvalue weighted by Gasteiger charge is 2.26. The third-order valence-corrected chi connectivity index (χ3v) is 3.13. The van der Waals surface area contributed by atoms with E-state index in [4.69, 9.17) is 0 Å². The second-order valence-electron chi connectivity index (χ2n) is 4.23. The zero-order valence-electron chi connectivity index (χ0n) is 9.02. The summed E-state index contributed by atoms with van der Waals surface area (Å²) in [4.78, 5) is 0. The molecule has 14 heavy (non-hydrogen) atoms. The molecule has 1 aliphatic rings. The van der Waals surface area contributed by atoms with Crippen LogP contribution in [0.25, 0.3) is 0 Å². The maximum atomic E-state index is 9.87. The number of hydrogen-bond donors (Lipinski definition) is 2. The molecule has 82 valence electrons. The maximum absolute atomic E-state index is 9.87. The van der Waals surface area contributed by atoms with Crippen molar-refractivity contribution in [2.45, 2.75) is 45.1 Å². The Labute approximate surface area is 86.6 Å². The Hall–Kier alpha value is -0.340. The fraction of sp³-hybridized carbons (Fsp3) is 0.833. The van der Waals surface area contributed by atoms with Gasteiger partial charge in [0.1, 0.15) is 0 Å². The quantitative estimate of drug-likeness (QED) is 0.664. The second-order valence-corrected chi connectivity index (χ2v) is 4.23. The fourth-order valence-electron chi connectivity index (χ4n) is 2.25. The van der Waals surface area contributed by atoms with Gasteiger partial charge in [-0.05, 0) is 31.6 Å². The normalized spacial score (nSPS) is 26.1. The molecule has 0 aromatic heterocycles. The summed E-state index contributed by atoms with van der Waals surface area (Å²) < 4.78 is 0. The first-order chi connectivity index (χ1) is 6.79. The molecule has 2 heteroatoms. The Balaban J connectivity index is 2.50. The number of hydrogen-bond acceptors (Lipinski definition) is 2. The predicted molar refractivity (Wildman–Crippen MR) is 58.0 cm³/mol. The summed E-state index contributed by atoms with van der Waals surface area (Å²) in [7, 11) is 0. The van der Waals surface area contributed by atoms with Crippen LogP contribution in [0.15, 0.2) is 12.2 Å². The summed E-state index contributed by atoms with van der Waals surface area (Å²) in [6, 6.07) is 0. The van der Waals surface area contributed by atoms with E-state index < -0.39 is 0 Å². The van der Waals surface area contributed by atoms with E-state index in [1.165, 1.54) is 6.42 Å². The smallest absolute Gasteiger partial charge is 0.0595 e. The van der Waals surface area contributed by atoms with Crippen LogP contribution in [0.1, 0.15) is 39.0 Å². The largest absolute Gasteiger partial charge is 0.396 e. The predicted octanol–water partition coefficient (Wildman–Crippen LogP) is 2.11. The van der Waals surface area contributed by atoms with E-state index in [2.05, 4.69) is 19.1 Å². The molecule has 0 radical (unpaired) electrons. The van der Waals surface area contributed by atoms with Crippen molar-refractivity contribution in [1.29, 1.82) is 0 Å². The molecule has 3 atom stereocenters. The number of aliphatic hydroxyl groups excluding tert-OH is 2. The Morgan fingerprint density at radius 3 is 2.79 bits per heavy atom. The Morgan fingerprint density at radius 2 is 2.29 bits per heavy atom. The van der Waals surface area contributed by atoms with Crippen LogP contribution in [0.5, 0.6) is 0 Å². The van der Waals surface area contributed by atoms with Gasteiger partial charge in [0.15, 0.2) is 0 Å². The number of rotatable bonds is 5. The molecule has 0 aliphatic heterocycles. The Bertz CT molecular complexity index is 177. The monoisotopic (exact) mass is 198 g/mol. The van der Waals surface area contributed by atoms with Gasteiger partial charge in [-0.15, -0.1) is 0 Å². The van der Waals surface area contributed by atoms with Crippen molar-refractivity contribution >= 4 is 0 Å². The van der Waals surface area contributed by atoms with Gasteiger partial charge < -0.3 is 10.2 Å². The SMILES string of the molecule is CCCC(O)C(CO)C1C=CCCC1. The molecule has 0 fully saturated rings. The van der Waals surface area contributed by atoms with E-state index in [-0.39, 0.29) is 18.6 Å². The van der Waals surface area contributed by atoms with Crippen molar-refractivity contribution in [1.82, 2.24) is 0 Å². The van der Waals surface area contributed by atoms with Gasteiger partial charge in [0.05, 0.1) is 6.10 Å². The highest BCUT2D eigenvalue weighted by atomic mass is 16.3. The van der Waals surface area contributed by atoms with Crippen LogP contribution in [0, 0.1) is 11.8 Å². The van der Waals surface area contributed by atoms with Crippen molar-refractivity contribution in [3.63, 3.8) is 0 Å². The first-order valence-corrected chi connectivity index (χ1v) is 5.75. The summed E-state index contributed by atoms with van der Waals surface area (Å²) in [5, 5.41) is 19.1. The Morgan fingerprint density at radius 1 is 1.50 bits per heavy atom. The molecular weight excluding hydrogens is 176 g/mol. The van der Waals surface area contributed by atoms with Gasteiger partial charge in [-0.1, -0.05) is 25.5 Å². The highest BCUT2D eigenvalue weighted by Crippen LogP contribution is 2.28. The van der Waals surface area contributed by atoms with E-state index >= 15 is 0 Å².